The number of hydrogen-bond acceptors (Lipinski definition) is 7. The van der Waals surface area contributed by atoms with Gasteiger partial charge in [0.05, 0.1) is 29.9 Å². The Labute approximate surface area is 167 Å². The molecule has 3 aromatic rings. The summed E-state index contributed by atoms with van der Waals surface area (Å²) in [5.41, 5.74) is 0.908. The standard InChI is InChI=1S/C18H23N5O5S/c1-5-7-15-19-11(3)16-18(24)20-17(21-23(15)16)13-10-12(29(25,26)22-27-4)8-9-14(13)28-6-2/h8-10,22H,5-7H2,1-4H3,(H,20,21,24). The van der Waals surface area contributed by atoms with E-state index in [1.165, 1.54) is 29.8 Å². The topological polar surface area (TPSA) is 128 Å². The minimum atomic E-state index is -3.90. The normalized spacial score (nSPS) is 11.9. The number of rotatable bonds is 8. The Morgan fingerprint density at radius 1 is 1.28 bits per heavy atom. The van der Waals surface area contributed by atoms with E-state index in [1.54, 1.807) is 13.8 Å². The number of aromatic nitrogens is 4. The molecule has 0 radical (unpaired) electrons. The first-order chi connectivity index (χ1) is 13.8. The lowest BCUT2D eigenvalue weighted by atomic mass is 10.2. The molecule has 2 aromatic heterocycles. The predicted octanol–water partition coefficient (Wildman–Crippen LogP) is 1.58. The summed E-state index contributed by atoms with van der Waals surface area (Å²) in [6.07, 6.45) is 1.48. The molecule has 0 amide bonds. The van der Waals surface area contributed by atoms with E-state index >= 15 is 0 Å². The van der Waals surface area contributed by atoms with E-state index in [9.17, 15) is 13.2 Å². The van der Waals surface area contributed by atoms with E-state index in [0.717, 1.165) is 6.42 Å². The van der Waals surface area contributed by atoms with Crippen molar-refractivity contribution in [1.82, 2.24) is 24.5 Å². The molecule has 29 heavy (non-hydrogen) atoms. The summed E-state index contributed by atoms with van der Waals surface area (Å²) in [6.45, 7) is 5.92. The van der Waals surface area contributed by atoms with Gasteiger partial charge in [-0.1, -0.05) is 11.8 Å². The predicted molar refractivity (Wildman–Crippen MR) is 106 cm³/mol. The molecular formula is C18H23N5O5S. The summed E-state index contributed by atoms with van der Waals surface area (Å²) in [7, 11) is -2.70. The molecule has 2 heterocycles. The third-order valence-electron chi connectivity index (χ3n) is 4.23. The zero-order valence-electron chi connectivity index (χ0n) is 16.6. The Kier molecular flexibility index (Phi) is 6.01. The highest BCUT2D eigenvalue weighted by Crippen LogP contribution is 2.30. The van der Waals surface area contributed by atoms with Gasteiger partial charge < -0.3 is 9.72 Å². The average Bonchev–Trinajstić information content (AvgIpc) is 2.98. The minimum Gasteiger partial charge on any atom is -0.493 e. The van der Waals surface area contributed by atoms with Gasteiger partial charge >= 0.3 is 0 Å². The highest BCUT2D eigenvalue weighted by molar-refractivity contribution is 7.89. The number of hydrogen-bond donors (Lipinski definition) is 2. The minimum absolute atomic E-state index is 0.0591. The third kappa shape index (κ3) is 4.02. The number of benzene rings is 1. The highest BCUT2D eigenvalue weighted by Gasteiger charge is 2.20. The maximum absolute atomic E-state index is 12.7. The van der Waals surface area contributed by atoms with Crippen molar-refractivity contribution in [3.63, 3.8) is 0 Å². The fourth-order valence-electron chi connectivity index (χ4n) is 3.04. The zero-order valence-corrected chi connectivity index (χ0v) is 17.5. The van der Waals surface area contributed by atoms with Crippen molar-refractivity contribution >= 4 is 15.5 Å². The van der Waals surface area contributed by atoms with Gasteiger partial charge in [0, 0.05) is 6.42 Å². The first-order valence-corrected chi connectivity index (χ1v) is 10.6. The van der Waals surface area contributed by atoms with Crippen LogP contribution in [0.3, 0.4) is 0 Å². The molecule has 0 saturated heterocycles. The Morgan fingerprint density at radius 3 is 2.69 bits per heavy atom. The molecule has 0 aliphatic heterocycles. The number of H-pyrrole nitrogens is 1. The molecule has 0 unspecified atom stereocenters. The third-order valence-corrected chi connectivity index (χ3v) is 5.49. The van der Waals surface area contributed by atoms with E-state index < -0.39 is 10.0 Å². The van der Waals surface area contributed by atoms with E-state index in [-0.39, 0.29) is 16.3 Å². The maximum Gasteiger partial charge on any atom is 0.277 e. The van der Waals surface area contributed by atoms with Crippen LogP contribution in [-0.2, 0) is 21.3 Å². The number of fused-ring (bicyclic) bond motifs is 1. The van der Waals surface area contributed by atoms with Gasteiger partial charge in [-0.15, -0.1) is 5.10 Å². The number of imidazole rings is 1. The zero-order chi connectivity index (χ0) is 21.2. The summed E-state index contributed by atoms with van der Waals surface area (Å²) in [4.78, 5) is 26.3. The molecule has 156 valence electrons. The monoisotopic (exact) mass is 421 g/mol. The van der Waals surface area contributed by atoms with Crippen LogP contribution in [0.5, 0.6) is 5.75 Å². The first kappa shape index (κ1) is 21.0. The number of nitrogens with zero attached hydrogens (tertiary/aromatic N) is 3. The van der Waals surface area contributed by atoms with Gasteiger partial charge in [-0.2, -0.15) is 0 Å². The number of aryl methyl sites for hydroxylation is 2. The lowest BCUT2D eigenvalue weighted by Crippen LogP contribution is -2.22. The SMILES string of the molecule is CCCc1nc(C)c2c(=O)[nH]c(-c3cc(S(=O)(=O)NOC)ccc3OCC)nn12. The van der Waals surface area contributed by atoms with Gasteiger partial charge in [0.25, 0.3) is 15.6 Å². The van der Waals surface area contributed by atoms with Crippen LogP contribution >= 0.6 is 0 Å². The van der Waals surface area contributed by atoms with Crippen molar-refractivity contribution in [2.45, 2.75) is 38.5 Å². The van der Waals surface area contributed by atoms with Crippen molar-refractivity contribution in [1.29, 1.82) is 0 Å². The van der Waals surface area contributed by atoms with Crippen LogP contribution in [0.4, 0.5) is 0 Å². The second-order valence-electron chi connectivity index (χ2n) is 6.31. The van der Waals surface area contributed by atoms with Crippen LogP contribution in [0.25, 0.3) is 16.9 Å². The molecule has 1 aromatic carbocycles. The Bertz CT molecular complexity index is 1200. The molecule has 11 heteroatoms. The lowest BCUT2D eigenvalue weighted by Gasteiger charge is -2.12. The summed E-state index contributed by atoms with van der Waals surface area (Å²) < 4.78 is 31.8. The molecule has 3 rings (SSSR count). The van der Waals surface area contributed by atoms with Crippen molar-refractivity contribution in [2.24, 2.45) is 0 Å². The van der Waals surface area contributed by atoms with Gasteiger partial charge in [0.15, 0.2) is 11.3 Å². The molecule has 0 aliphatic rings. The Balaban J connectivity index is 2.27. The van der Waals surface area contributed by atoms with Gasteiger partial charge in [-0.05, 0) is 38.5 Å². The summed E-state index contributed by atoms with van der Waals surface area (Å²) in [5.74, 6) is 1.23. The van der Waals surface area contributed by atoms with Crippen molar-refractivity contribution < 1.29 is 18.0 Å². The van der Waals surface area contributed by atoms with E-state index in [4.69, 9.17) is 4.74 Å². The second kappa shape index (κ2) is 8.31. The van der Waals surface area contributed by atoms with Crippen LogP contribution in [0, 0.1) is 6.92 Å². The fraction of sp³-hybridized carbons (Fsp3) is 0.389. The van der Waals surface area contributed by atoms with Crippen molar-refractivity contribution in [3.05, 3.63) is 40.1 Å². The van der Waals surface area contributed by atoms with Crippen molar-refractivity contribution in [2.75, 3.05) is 13.7 Å². The van der Waals surface area contributed by atoms with Gasteiger partial charge in [0.1, 0.15) is 11.6 Å². The summed E-state index contributed by atoms with van der Waals surface area (Å²) >= 11 is 0. The van der Waals surface area contributed by atoms with E-state index in [1.807, 2.05) is 11.8 Å². The second-order valence-corrected chi connectivity index (χ2v) is 7.95. The molecule has 0 atom stereocenters. The van der Waals surface area contributed by atoms with Crippen LogP contribution in [0.1, 0.15) is 31.8 Å². The number of ether oxygens (including phenoxy) is 1. The number of sulfonamides is 1. The fourth-order valence-corrected chi connectivity index (χ4v) is 3.88. The molecule has 0 spiro atoms. The number of nitrogens with one attached hydrogen (secondary N) is 2. The summed E-state index contributed by atoms with van der Waals surface area (Å²) in [5, 5.41) is 4.53. The lowest BCUT2D eigenvalue weighted by molar-refractivity contribution is 0.153. The molecule has 0 aliphatic carbocycles. The van der Waals surface area contributed by atoms with Crippen LogP contribution in [-0.4, -0.2) is 41.7 Å². The smallest absolute Gasteiger partial charge is 0.277 e. The van der Waals surface area contributed by atoms with Crippen LogP contribution in [0.2, 0.25) is 0 Å². The largest absolute Gasteiger partial charge is 0.493 e. The Morgan fingerprint density at radius 2 is 2.03 bits per heavy atom. The van der Waals surface area contributed by atoms with E-state index in [2.05, 4.69) is 19.9 Å². The molecule has 0 fully saturated rings. The molecule has 0 saturated carbocycles. The first-order valence-electron chi connectivity index (χ1n) is 9.12. The van der Waals surface area contributed by atoms with Gasteiger partial charge in [-0.3, -0.25) is 9.63 Å². The van der Waals surface area contributed by atoms with Crippen molar-refractivity contribution in [3.8, 4) is 17.1 Å². The number of aromatic amines is 1. The molecular weight excluding hydrogens is 398 g/mol. The average molecular weight is 421 g/mol. The highest BCUT2D eigenvalue weighted by atomic mass is 32.2. The molecule has 0 bridgehead atoms. The quantitative estimate of drug-likeness (QED) is 0.529. The Hall–Kier alpha value is -2.76. The van der Waals surface area contributed by atoms with Gasteiger partial charge in [0.2, 0.25) is 0 Å². The summed E-state index contributed by atoms with van der Waals surface area (Å²) in [6, 6.07) is 4.27. The van der Waals surface area contributed by atoms with Gasteiger partial charge in [-0.25, -0.2) is 17.9 Å². The molecule has 2 N–H and O–H groups in total. The van der Waals surface area contributed by atoms with E-state index in [0.29, 0.717) is 41.4 Å². The van der Waals surface area contributed by atoms with Crippen LogP contribution < -0.4 is 15.2 Å². The van der Waals surface area contributed by atoms with Crippen LogP contribution in [0.15, 0.2) is 27.9 Å². The molecule has 10 nitrogen and oxygen atoms in total. The maximum atomic E-state index is 12.7.